The van der Waals surface area contributed by atoms with E-state index in [1.54, 1.807) is 16.9 Å². The minimum atomic E-state index is -0.608. The molecule has 0 radical (unpaired) electrons. The number of carbonyl (C=O) groups excluding carboxylic acids is 1. The second-order valence-electron chi connectivity index (χ2n) is 5.76. The molecule has 0 aromatic carbocycles. The zero-order valence-electron chi connectivity index (χ0n) is 12.9. The van der Waals surface area contributed by atoms with Gasteiger partial charge in [-0.05, 0) is 12.8 Å². The lowest BCUT2D eigenvalue weighted by Gasteiger charge is -2.14. The first-order chi connectivity index (χ1) is 11.5. The molecule has 1 saturated carbocycles. The normalized spacial score (nSPS) is 14.7. The van der Waals surface area contributed by atoms with Gasteiger partial charge < -0.3 is 5.32 Å². The first-order valence-corrected chi connectivity index (χ1v) is 7.73. The molecule has 0 aliphatic heterocycles. The van der Waals surface area contributed by atoms with Crippen LogP contribution in [0.25, 0.3) is 0 Å². The topological polar surface area (TPSA) is 112 Å². The summed E-state index contributed by atoms with van der Waals surface area (Å²) in [5.41, 5.74) is -0.710. The molecule has 0 unspecified atom stereocenters. The molecule has 1 aliphatic carbocycles. The minimum absolute atomic E-state index is 0.238. The van der Waals surface area contributed by atoms with E-state index in [1.807, 2.05) is 0 Å². The third-order valence-electron chi connectivity index (χ3n) is 4.10. The van der Waals surface area contributed by atoms with Gasteiger partial charge in [-0.3, -0.25) is 24.3 Å². The molecule has 0 saturated heterocycles. The molecule has 2 heterocycles. The molecule has 9 nitrogen and oxygen atoms in total. The van der Waals surface area contributed by atoms with Crippen molar-refractivity contribution in [1.82, 2.24) is 14.3 Å². The van der Waals surface area contributed by atoms with Crippen LogP contribution in [0.15, 0.2) is 35.4 Å². The van der Waals surface area contributed by atoms with Crippen molar-refractivity contribution in [1.29, 1.82) is 0 Å². The van der Waals surface area contributed by atoms with Crippen molar-refractivity contribution in [2.75, 3.05) is 5.32 Å². The van der Waals surface area contributed by atoms with Crippen molar-refractivity contribution in [3.8, 4) is 0 Å². The molecular weight excluding hydrogens is 314 g/mol. The fourth-order valence-electron chi connectivity index (χ4n) is 2.94. The Kier molecular flexibility index (Phi) is 4.41. The maximum atomic E-state index is 12.2. The Morgan fingerprint density at radius 2 is 2.08 bits per heavy atom. The minimum Gasteiger partial charge on any atom is -0.309 e. The SMILES string of the molecule is O=C(Cn1cc([N+](=O)[O-])ccc1=O)Nc1ccnn1C1CCCC1. The standard InChI is InChI=1S/C15H17N5O4/c21-14(10-18-9-12(20(23)24)5-6-15(18)22)17-13-7-8-16-19(13)11-3-1-2-4-11/h5-9,11H,1-4,10H2,(H,17,21). The van der Waals surface area contributed by atoms with Gasteiger partial charge in [0.25, 0.3) is 11.2 Å². The van der Waals surface area contributed by atoms with E-state index >= 15 is 0 Å². The summed E-state index contributed by atoms with van der Waals surface area (Å²) in [6.07, 6.45) is 7.01. The van der Waals surface area contributed by atoms with E-state index in [0.29, 0.717) is 5.82 Å². The fraction of sp³-hybridized carbons (Fsp3) is 0.400. The maximum Gasteiger partial charge on any atom is 0.285 e. The molecule has 126 valence electrons. The number of nitro groups is 1. The third-order valence-corrected chi connectivity index (χ3v) is 4.10. The van der Waals surface area contributed by atoms with Crippen molar-refractivity contribution in [3.05, 3.63) is 51.1 Å². The number of hydrogen-bond acceptors (Lipinski definition) is 5. The van der Waals surface area contributed by atoms with Gasteiger partial charge in [0.05, 0.1) is 23.4 Å². The first-order valence-electron chi connectivity index (χ1n) is 7.73. The quantitative estimate of drug-likeness (QED) is 0.662. The van der Waals surface area contributed by atoms with Gasteiger partial charge in [-0.25, -0.2) is 4.68 Å². The van der Waals surface area contributed by atoms with Gasteiger partial charge in [0.2, 0.25) is 5.91 Å². The summed E-state index contributed by atoms with van der Waals surface area (Å²) in [7, 11) is 0. The largest absolute Gasteiger partial charge is 0.309 e. The van der Waals surface area contributed by atoms with E-state index in [0.717, 1.165) is 48.6 Å². The lowest BCUT2D eigenvalue weighted by molar-refractivity contribution is -0.385. The lowest BCUT2D eigenvalue weighted by atomic mass is 10.2. The van der Waals surface area contributed by atoms with Gasteiger partial charge >= 0.3 is 0 Å². The molecule has 0 atom stereocenters. The van der Waals surface area contributed by atoms with Gasteiger partial charge in [0, 0.05) is 18.2 Å². The average Bonchev–Trinajstić information content (AvgIpc) is 3.20. The Morgan fingerprint density at radius 1 is 1.33 bits per heavy atom. The molecule has 0 bridgehead atoms. The number of nitrogens with zero attached hydrogens (tertiary/aromatic N) is 4. The molecule has 1 N–H and O–H groups in total. The predicted octanol–water partition coefficient (Wildman–Crippen LogP) is 1.71. The molecule has 1 aliphatic rings. The fourth-order valence-corrected chi connectivity index (χ4v) is 2.94. The van der Waals surface area contributed by atoms with Crippen LogP contribution in [0.4, 0.5) is 11.5 Å². The number of carbonyl (C=O) groups is 1. The number of anilines is 1. The third kappa shape index (κ3) is 3.34. The van der Waals surface area contributed by atoms with Crippen LogP contribution in [-0.4, -0.2) is 25.2 Å². The van der Waals surface area contributed by atoms with Crippen molar-refractivity contribution in [2.45, 2.75) is 38.3 Å². The number of nitrogens with one attached hydrogen (secondary N) is 1. The van der Waals surface area contributed by atoms with Gasteiger partial charge in [-0.1, -0.05) is 12.8 Å². The Labute approximate surface area is 137 Å². The second-order valence-corrected chi connectivity index (χ2v) is 5.76. The van der Waals surface area contributed by atoms with Crippen LogP contribution in [0.5, 0.6) is 0 Å². The van der Waals surface area contributed by atoms with Crippen molar-refractivity contribution >= 4 is 17.4 Å². The van der Waals surface area contributed by atoms with Gasteiger partial charge in [-0.2, -0.15) is 5.10 Å². The van der Waals surface area contributed by atoms with Crippen LogP contribution < -0.4 is 10.9 Å². The van der Waals surface area contributed by atoms with E-state index < -0.39 is 16.4 Å². The number of rotatable bonds is 5. The highest BCUT2D eigenvalue weighted by atomic mass is 16.6. The van der Waals surface area contributed by atoms with E-state index in [2.05, 4.69) is 10.4 Å². The highest BCUT2D eigenvalue weighted by molar-refractivity contribution is 5.89. The molecule has 2 aromatic rings. The Hall–Kier alpha value is -2.97. The number of hydrogen-bond donors (Lipinski definition) is 1. The van der Waals surface area contributed by atoms with Crippen LogP contribution in [0.3, 0.4) is 0 Å². The second kappa shape index (κ2) is 6.65. The smallest absolute Gasteiger partial charge is 0.285 e. The van der Waals surface area contributed by atoms with Crippen molar-refractivity contribution in [2.24, 2.45) is 0 Å². The monoisotopic (exact) mass is 331 g/mol. The Balaban J connectivity index is 1.73. The van der Waals surface area contributed by atoms with Crippen molar-refractivity contribution in [3.63, 3.8) is 0 Å². The predicted molar refractivity (Wildman–Crippen MR) is 85.7 cm³/mol. The number of aromatic nitrogens is 3. The summed E-state index contributed by atoms with van der Waals surface area (Å²) in [6, 6.07) is 4.17. The van der Waals surface area contributed by atoms with E-state index in [1.165, 1.54) is 0 Å². The van der Waals surface area contributed by atoms with E-state index in [9.17, 15) is 19.7 Å². The summed E-state index contributed by atoms with van der Waals surface area (Å²) in [5, 5.41) is 17.8. The number of pyridine rings is 1. The Bertz CT molecular complexity index is 819. The molecule has 2 aromatic heterocycles. The van der Waals surface area contributed by atoms with Crippen molar-refractivity contribution < 1.29 is 9.72 Å². The van der Waals surface area contributed by atoms with Gasteiger partial charge in [0.1, 0.15) is 12.4 Å². The Morgan fingerprint density at radius 3 is 2.79 bits per heavy atom. The molecule has 3 rings (SSSR count). The summed E-state index contributed by atoms with van der Waals surface area (Å²) in [6.45, 7) is -0.295. The van der Waals surface area contributed by atoms with Crippen LogP contribution in [0, 0.1) is 10.1 Å². The highest BCUT2D eigenvalue weighted by Crippen LogP contribution is 2.31. The summed E-state index contributed by atoms with van der Waals surface area (Å²) in [4.78, 5) is 34.1. The van der Waals surface area contributed by atoms with Crippen LogP contribution >= 0.6 is 0 Å². The van der Waals surface area contributed by atoms with E-state index in [4.69, 9.17) is 0 Å². The number of amides is 1. The van der Waals surface area contributed by atoms with E-state index in [-0.39, 0.29) is 18.3 Å². The van der Waals surface area contributed by atoms with Crippen LogP contribution in [-0.2, 0) is 11.3 Å². The highest BCUT2D eigenvalue weighted by Gasteiger charge is 2.20. The zero-order chi connectivity index (χ0) is 17.1. The first kappa shape index (κ1) is 15.9. The summed E-state index contributed by atoms with van der Waals surface area (Å²) < 4.78 is 2.81. The average molecular weight is 331 g/mol. The molecule has 9 heteroatoms. The lowest BCUT2D eigenvalue weighted by Crippen LogP contribution is -2.28. The molecule has 1 fully saturated rings. The molecule has 24 heavy (non-hydrogen) atoms. The summed E-state index contributed by atoms with van der Waals surface area (Å²) in [5.74, 6) is 0.141. The van der Waals surface area contributed by atoms with Gasteiger partial charge in [0.15, 0.2) is 0 Å². The molecule has 1 amide bonds. The summed E-state index contributed by atoms with van der Waals surface area (Å²) >= 11 is 0. The molecular formula is C15H17N5O4. The maximum absolute atomic E-state index is 12.2. The van der Waals surface area contributed by atoms with Crippen LogP contribution in [0.1, 0.15) is 31.7 Å². The van der Waals surface area contributed by atoms with Crippen LogP contribution in [0.2, 0.25) is 0 Å². The zero-order valence-corrected chi connectivity index (χ0v) is 12.9. The molecule has 0 spiro atoms. The van der Waals surface area contributed by atoms with Gasteiger partial charge in [-0.15, -0.1) is 0 Å².